The van der Waals surface area contributed by atoms with Crippen LogP contribution in [0.25, 0.3) is 10.9 Å². The summed E-state index contributed by atoms with van der Waals surface area (Å²) >= 11 is 0. The Morgan fingerprint density at radius 2 is 1.39 bits per heavy atom. The topological polar surface area (TPSA) is 155 Å². The number of nitrogens with zero attached hydrogens (tertiary/aromatic N) is 4. The molecule has 3 N–H and O–H groups in total. The monoisotopic (exact) mass is 746 g/mol. The molecule has 56 heavy (non-hydrogen) atoms. The van der Waals surface area contributed by atoms with Crippen molar-refractivity contribution in [1.29, 1.82) is 0 Å². The molecule has 0 fully saturated rings. The number of amides is 2. The smallest absolute Gasteiger partial charge is 0.408 e. The molecule has 12 heteroatoms. The maximum Gasteiger partial charge on any atom is 0.408 e. The van der Waals surface area contributed by atoms with Crippen LogP contribution in [0.2, 0.25) is 0 Å². The van der Waals surface area contributed by atoms with Gasteiger partial charge in [0.2, 0.25) is 5.95 Å². The van der Waals surface area contributed by atoms with E-state index in [0.717, 1.165) is 45.5 Å². The van der Waals surface area contributed by atoms with Crippen molar-refractivity contribution in [3.05, 3.63) is 186 Å². The zero-order valence-electron chi connectivity index (χ0n) is 30.5. The zero-order chi connectivity index (χ0) is 38.7. The second-order valence-corrected chi connectivity index (χ2v) is 13.1. The summed E-state index contributed by atoms with van der Waals surface area (Å²) in [6.07, 6.45) is 5.31. The van der Waals surface area contributed by atoms with Gasteiger partial charge in [-0.05, 0) is 46.9 Å². The van der Waals surface area contributed by atoms with Crippen molar-refractivity contribution in [1.82, 2.24) is 30.0 Å². The van der Waals surface area contributed by atoms with Crippen LogP contribution >= 0.6 is 0 Å². The second-order valence-electron chi connectivity index (χ2n) is 13.1. The highest BCUT2D eigenvalue weighted by atomic mass is 16.5. The lowest BCUT2D eigenvalue weighted by Crippen LogP contribution is -2.53. The van der Waals surface area contributed by atoms with E-state index in [1.54, 1.807) is 48.7 Å². The molecule has 7 rings (SSSR count). The lowest BCUT2D eigenvalue weighted by atomic mass is 9.76. The molecule has 0 saturated carbocycles. The highest BCUT2D eigenvalue weighted by Gasteiger charge is 2.39. The number of imidazole rings is 1. The van der Waals surface area contributed by atoms with Gasteiger partial charge < -0.3 is 30.6 Å². The van der Waals surface area contributed by atoms with Crippen LogP contribution in [0.3, 0.4) is 0 Å². The highest BCUT2D eigenvalue weighted by molar-refractivity contribution is 5.98. The Labute approximate surface area is 323 Å². The van der Waals surface area contributed by atoms with Crippen molar-refractivity contribution < 1.29 is 24.2 Å². The minimum atomic E-state index is -1.56. The van der Waals surface area contributed by atoms with E-state index in [-0.39, 0.29) is 6.61 Å². The van der Waals surface area contributed by atoms with Gasteiger partial charge in [0.25, 0.3) is 5.91 Å². The SMILES string of the molecule is O=C(NC(CNC(=O)c1ccc2c(cnn2CCCNc2nccn2C(c2ccccc2)(c2ccccc2)c2ccccc2)c1)C(=O)[O-])OCc1ccccc1. The summed E-state index contributed by atoms with van der Waals surface area (Å²) < 4.78 is 9.18. The number of alkyl carbamates (subject to hydrolysis) is 1. The van der Waals surface area contributed by atoms with Crippen LogP contribution < -0.4 is 21.1 Å². The first-order chi connectivity index (χ1) is 27.4. The summed E-state index contributed by atoms with van der Waals surface area (Å²) in [5.74, 6) is -1.34. The summed E-state index contributed by atoms with van der Waals surface area (Å²) in [6, 6.07) is 43.9. The molecule has 1 atom stereocenters. The van der Waals surface area contributed by atoms with E-state index in [9.17, 15) is 19.5 Å². The molecule has 282 valence electrons. The molecule has 12 nitrogen and oxygen atoms in total. The molecule has 1 unspecified atom stereocenters. The van der Waals surface area contributed by atoms with Crippen LogP contribution in [-0.2, 0) is 28.2 Å². The standard InChI is InChI=1S/C44H41N7O5/c52-40(47-30-38(41(53)54)49-43(55)56-31-32-14-5-1-6-15-32)33-22-23-39-34(28-33)29-48-51(39)26-13-24-45-42-46-25-27-50(42)44(35-16-7-2-8-17-35,36-18-9-3-10-19-36)37-20-11-4-12-21-37/h1-12,14-23,25,27-29,38H,13,24,26,30-31H2,(H,45,46)(H,47,52)(H,49,55)(H,53,54)/p-1. The number of aromatic nitrogens is 4. The number of carbonyl (C=O) groups excluding carboxylic acids is 3. The van der Waals surface area contributed by atoms with Crippen molar-refractivity contribution in [2.75, 3.05) is 18.4 Å². The van der Waals surface area contributed by atoms with Crippen molar-refractivity contribution in [3.8, 4) is 0 Å². The van der Waals surface area contributed by atoms with E-state index in [4.69, 9.17) is 9.72 Å². The van der Waals surface area contributed by atoms with Gasteiger partial charge in [0.05, 0.1) is 23.7 Å². The van der Waals surface area contributed by atoms with Crippen molar-refractivity contribution in [2.45, 2.75) is 31.2 Å². The molecular formula is C44H40N7O5-. The summed E-state index contributed by atoms with van der Waals surface area (Å²) in [6.45, 7) is 0.782. The molecular weight excluding hydrogens is 707 g/mol. The number of carbonyl (C=O) groups is 3. The Balaban J connectivity index is 0.989. The van der Waals surface area contributed by atoms with Gasteiger partial charge in [0, 0.05) is 43.0 Å². The van der Waals surface area contributed by atoms with Gasteiger partial charge in [-0.1, -0.05) is 121 Å². The number of anilines is 1. The molecule has 0 saturated heterocycles. The molecule has 0 aliphatic rings. The number of hydrogen-bond donors (Lipinski definition) is 3. The van der Waals surface area contributed by atoms with Gasteiger partial charge in [-0.15, -0.1) is 0 Å². The number of nitrogens with one attached hydrogen (secondary N) is 3. The van der Waals surface area contributed by atoms with Gasteiger partial charge in [0.15, 0.2) is 0 Å². The average molecular weight is 747 g/mol. The van der Waals surface area contributed by atoms with Crippen molar-refractivity contribution in [2.24, 2.45) is 0 Å². The van der Waals surface area contributed by atoms with Gasteiger partial charge in [0.1, 0.15) is 12.1 Å². The summed E-state index contributed by atoms with van der Waals surface area (Å²) in [4.78, 5) is 41.7. The number of carboxylic acid groups (broad SMARTS) is 1. The lowest BCUT2D eigenvalue weighted by Gasteiger charge is -2.38. The van der Waals surface area contributed by atoms with Gasteiger partial charge in [-0.2, -0.15) is 5.10 Å². The van der Waals surface area contributed by atoms with Crippen LogP contribution in [-0.4, -0.2) is 56.4 Å². The fourth-order valence-corrected chi connectivity index (χ4v) is 6.89. The van der Waals surface area contributed by atoms with Crippen LogP contribution in [0, 0.1) is 0 Å². The van der Waals surface area contributed by atoms with Crippen LogP contribution in [0.15, 0.2) is 158 Å². The first kappa shape index (κ1) is 37.1. The highest BCUT2D eigenvalue weighted by Crippen LogP contribution is 2.42. The molecule has 2 aromatic heterocycles. The number of carboxylic acids is 1. The number of aryl methyl sites for hydroxylation is 1. The molecule has 2 amide bonds. The third-order valence-corrected chi connectivity index (χ3v) is 9.57. The van der Waals surface area contributed by atoms with Crippen LogP contribution in [0.4, 0.5) is 10.7 Å². The summed E-state index contributed by atoms with van der Waals surface area (Å²) in [7, 11) is 0. The van der Waals surface area contributed by atoms with E-state index in [0.29, 0.717) is 18.7 Å². The Bertz CT molecular complexity index is 2290. The van der Waals surface area contributed by atoms with E-state index in [1.807, 2.05) is 41.3 Å². The number of ether oxygens (including phenoxy) is 1. The predicted octanol–water partition coefficient (Wildman–Crippen LogP) is 5.35. The fraction of sp³-hybridized carbons (Fsp3) is 0.159. The first-order valence-corrected chi connectivity index (χ1v) is 18.3. The molecule has 0 aliphatic carbocycles. The number of benzene rings is 5. The minimum Gasteiger partial charge on any atom is -0.548 e. The van der Waals surface area contributed by atoms with Crippen molar-refractivity contribution >= 4 is 34.8 Å². The molecule has 7 aromatic rings. The van der Waals surface area contributed by atoms with E-state index < -0.39 is 36.1 Å². The molecule has 0 spiro atoms. The van der Waals surface area contributed by atoms with E-state index >= 15 is 0 Å². The fourth-order valence-electron chi connectivity index (χ4n) is 6.89. The maximum absolute atomic E-state index is 13.0. The molecule has 5 aromatic carbocycles. The molecule has 0 aliphatic heterocycles. The minimum absolute atomic E-state index is 0.0344. The molecule has 0 bridgehead atoms. The summed E-state index contributed by atoms with van der Waals surface area (Å²) in [5.41, 5.74) is 4.51. The maximum atomic E-state index is 13.0. The third-order valence-electron chi connectivity index (χ3n) is 9.57. The number of rotatable bonds is 16. The number of fused-ring (bicyclic) bond motifs is 1. The van der Waals surface area contributed by atoms with Gasteiger partial charge >= 0.3 is 6.09 Å². The largest absolute Gasteiger partial charge is 0.548 e. The zero-order valence-corrected chi connectivity index (χ0v) is 30.5. The normalized spacial score (nSPS) is 11.8. The first-order valence-electron chi connectivity index (χ1n) is 18.3. The van der Waals surface area contributed by atoms with Crippen LogP contribution in [0.5, 0.6) is 0 Å². The number of aliphatic carboxylic acids is 1. The van der Waals surface area contributed by atoms with Gasteiger partial charge in [-0.25, -0.2) is 9.78 Å². The Kier molecular flexibility index (Phi) is 11.5. The predicted molar refractivity (Wildman–Crippen MR) is 211 cm³/mol. The van der Waals surface area contributed by atoms with E-state index in [1.165, 1.54) is 0 Å². The van der Waals surface area contributed by atoms with E-state index in [2.05, 4.69) is 98.4 Å². The lowest BCUT2D eigenvalue weighted by molar-refractivity contribution is -0.308. The molecule has 0 radical (unpaired) electrons. The Morgan fingerprint density at radius 3 is 2.00 bits per heavy atom. The second kappa shape index (κ2) is 17.3. The average Bonchev–Trinajstić information content (AvgIpc) is 3.89. The number of hydrogen-bond acceptors (Lipinski definition) is 8. The Morgan fingerprint density at radius 1 is 0.786 bits per heavy atom. The molecule has 2 heterocycles. The quantitative estimate of drug-likeness (QED) is 0.0884. The summed E-state index contributed by atoms with van der Waals surface area (Å²) in [5, 5.41) is 25.4. The third kappa shape index (κ3) is 8.14. The Hall–Kier alpha value is -7.21. The van der Waals surface area contributed by atoms with Gasteiger partial charge in [-0.3, -0.25) is 14.0 Å². The van der Waals surface area contributed by atoms with Crippen LogP contribution in [0.1, 0.15) is 39.0 Å². The van der Waals surface area contributed by atoms with Crippen molar-refractivity contribution in [3.63, 3.8) is 0 Å².